The van der Waals surface area contributed by atoms with E-state index in [0.717, 1.165) is 36.7 Å². The highest BCUT2D eigenvalue weighted by Crippen LogP contribution is 2.56. The van der Waals surface area contributed by atoms with Crippen LogP contribution in [0.4, 0.5) is 5.69 Å². The molecule has 6 nitrogen and oxygen atoms in total. The number of unbranched alkanes of at least 4 members (excludes halogenated alkanes) is 2. The van der Waals surface area contributed by atoms with Crippen LogP contribution in [0.1, 0.15) is 68.7 Å². The quantitative estimate of drug-likeness (QED) is 0.179. The molecule has 0 radical (unpaired) electrons. The van der Waals surface area contributed by atoms with E-state index >= 15 is 0 Å². The number of hydrogen-bond acceptors (Lipinski definition) is 6. The first-order valence-corrected chi connectivity index (χ1v) is 16.2. The van der Waals surface area contributed by atoms with Crippen LogP contribution in [0.15, 0.2) is 53.1 Å². The van der Waals surface area contributed by atoms with E-state index in [-0.39, 0.29) is 10.7 Å². The number of aliphatic hydroxyl groups is 1. The highest BCUT2D eigenvalue weighted by Gasteiger charge is 2.51. The standard InChI is InChI=1S/C30H42BrNO5S/c1-5-7-15-30(16-8-6-2)28(33)22-24-21-25(32(3)4)11-14-27(24)38(34,35)29(30)23-9-12-26(13-10-23)37-20-19-36-18-17-31/h9-14,21-22,29,33H,5-8,15-20H2,1-4H3/t29-/m1/s1. The fourth-order valence-corrected chi connectivity index (χ4v) is 7.93. The van der Waals surface area contributed by atoms with E-state index in [0.29, 0.717) is 49.5 Å². The topological polar surface area (TPSA) is 76.1 Å². The van der Waals surface area contributed by atoms with Crippen LogP contribution in [0.3, 0.4) is 0 Å². The van der Waals surface area contributed by atoms with Gasteiger partial charge < -0.3 is 19.5 Å². The molecule has 1 atom stereocenters. The predicted molar refractivity (Wildman–Crippen MR) is 159 cm³/mol. The maximum absolute atomic E-state index is 14.5. The van der Waals surface area contributed by atoms with E-state index in [2.05, 4.69) is 29.8 Å². The lowest BCUT2D eigenvalue weighted by Gasteiger charge is -2.39. The van der Waals surface area contributed by atoms with Gasteiger partial charge in [0.1, 0.15) is 23.4 Å². The van der Waals surface area contributed by atoms with Gasteiger partial charge in [0, 0.05) is 30.5 Å². The van der Waals surface area contributed by atoms with Gasteiger partial charge in [-0.2, -0.15) is 0 Å². The third-order valence-corrected chi connectivity index (χ3v) is 9.94. The summed E-state index contributed by atoms with van der Waals surface area (Å²) in [6.07, 6.45) is 6.35. The van der Waals surface area contributed by atoms with Crippen molar-refractivity contribution in [1.82, 2.24) is 0 Å². The van der Waals surface area contributed by atoms with Gasteiger partial charge in [0.25, 0.3) is 0 Å². The van der Waals surface area contributed by atoms with E-state index in [1.165, 1.54) is 0 Å². The molecule has 38 heavy (non-hydrogen) atoms. The Morgan fingerprint density at radius 3 is 2.21 bits per heavy atom. The largest absolute Gasteiger partial charge is 0.512 e. The zero-order chi connectivity index (χ0) is 27.8. The highest BCUT2D eigenvalue weighted by molar-refractivity contribution is 9.09. The molecule has 3 rings (SSSR count). The summed E-state index contributed by atoms with van der Waals surface area (Å²) >= 11 is 3.33. The summed E-state index contributed by atoms with van der Waals surface area (Å²) < 4.78 is 40.3. The van der Waals surface area contributed by atoms with E-state index in [4.69, 9.17) is 9.47 Å². The van der Waals surface area contributed by atoms with Crippen LogP contribution in [-0.2, 0) is 14.6 Å². The highest BCUT2D eigenvalue weighted by atomic mass is 79.9. The molecule has 1 aliphatic heterocycles. The van der Waals surface area contributed by atoms with Gasteiger partial charge in [-0.25, -0.2) is 8.42 Å². The fraction of sp³-hybridized carbons (Fsp3) is 0.533. The Morgan fingerprint density at radius 1 is 0.974 bits per heavy atom. The number of allylic oxidation sites excluding steroid dienone is 1. The number of aliphatic hydroxyl groups excluding tert-OH is 1. The van der Waals surface area contributed by atoms with Gasteiger partial charge in [-0.1, -0.05) is 67.6 Å². The first kappa shape index (κ1) is 30.5. The molecular weight excluding hydrogens is 566 g/mol. The van der Waals surface area contributed by atoms with Gasteiger partial charge in [0.05, 0.1) is 18.1 Å². The maximum atomic E-state index is 14.5. The summed E-state index contributed by atoms with van der Waals surface area (Å²) in [4.78, 5) is 2.20. The molecule has 1 N–H and O–H groups in total. The number of rotatable bonds is 14. The van der Waals surface area contributed by atoms with E-state index in [1.54, 1.807) is 12.1 Å². The van der Waals surface area contributed by atoms with Crippen molar-refractivity contribution < 1.29 is 23.0 Å². The van der Waals surface area contributed by atoms with Crippen molar-refractivity contribution in [1.29, 1.82) is 0 Å². The van der Waals surface area contributed by atoms with Crippen molar-refractivity contribution in [2.75, 3.05) is 44.1 Å². The van der Waals surface area contributed by atoms with Gasteiger partial charge in [0.2, 0.25) is 0 Å². The van der Waals surface area contributed by atoms with Crippen molar-refractivity contribution in [3.05, 3.63) is 59.4 Å². The van der Waals surface area contributed by atoms with Crippen LogP contribution in [-0.4, -0.2) is 52.8 Å². The number of fused-ring (bicyclic) bond motifs is 1. The number of anilines is 1. The predicted octanol–water partition coefficient (Wildman–Crippen LogP) is 7.34. The van der Waals surface area contributed by atoms with Crippen molar-refractivity contribution in [2.45, 2.75) is 62.5 Å². The number of ether oxygens (including phenoxy) is 2. The maximum Gasteiger partial charge on any atom is 0.186 e. The summed E-state index contributed by atoms with van der Waals surface area (Å²) in [7, 11) is -0.0117. The van der Waals surface area contributed by atoms with Crippen molar-refractivity contribution in [3.8, 4) is 5.75 Å². The second-order valence-corrected chi connectivity index (χ2v) is 12.9. The number of benzene rings is 2. The van der Waals surface area contributed by atoms with Crippen LogP contribution >= 0.6 is 15.9 Å². The summed E-state index contributed by atoms with van der Waals surface area (Å²) in [6.45, 7) is 5.71. The van der Waals surface area contributed by atoms with Gasteiger partial charge >= 0.3 is 0 Å². The summed E-state index contributed by atoms with van der Waals surface area (Å²) in [5.41, 5.74) is 1.17. The molecule has 0 aliphatic carbocycles. The van der Waals surface area contributed by atoms with Crippen molar-refractivity contribution >= 4 is 37.5 Å². The molecule has 0 amide bonds. The Morgan fingerprint density at radius 2 is 1.63 bits per heavy atom. The molecular formula is C30H42BrNO5S. The van der Waals surface area contributed by atoms with Gasteiger partial charge in [-0.15, -0.1) is 0 Å². The second kappa shape index (κ2) is 13.9. The second-order valence-electron chi connectivity index (χ2n) is 10.2. The number of hydrogen-bond donors (Lipinski definition) is 1. The molecule has 2 aromatic carbocycles. The fourth-order valence-electron chi connectivity index (χ4n) is 5.28. The van der Waals surface area contributed by atoms with Gasteiger partial charge in [-0.05, 0) is 60.4 Å². The molecule has 2 aromatic rings. The SMILES string of the molecule is CCCCC1(CCCC)C(O)=Cc2cc(N(C)C)ccc2S(=O)(=O)[C@@H]1c1ccc(OCCOCCBr)cc1. The Kier molecular flexibility index (Phi) is 11.1. The molecule has 0 aromatic heterocycles. The normalized spacial score (nSPS) is 17.8. The minimum Gasteiger partial charge on any atom is -0.512 e. The molecule has 0 bridgehead atoms. The van der Waals surface area contributed by atoms with Crippen molar-refractivity contribution in [2.24, 2.45) is 5.41 Å². The zero-order valence-electron chi connectivity index (χ0n) is 23.1. The Bertz CT molecular complexity index is 1170. The van der Waals surface area contributed by atoms with Crippen LogP contribution in [0.2, 0.25) is 0 Å². The first-order valence-electron chi connectivity index (χ1n) is 13.5. The molecule has 0 saturated heterocycles. The Labute approximate surface area is 237 Å². The van der Waals surface area contributed by atoms with Crippen molar-refractivity contribution in [3.63, 3.8) is 0 Å². The summed E-state index contributed by atoms with van der Waals surface area (Å²) in [5, 5.41) is 11.6. The number of alkyl halides is 1. The lowest BCUT2D eigenvalue weighted by molar-refractivity contribution is 0.112. The third kappa shape index (κ3) is 6.75. The van der Waals surface area contributed by atoms with Gasteiger partial charge in [-0.3, -0.25) is 0 Å². The Balaban J connectivity index is 2.13. The molecule has 210 valence electrons. The summed E-state index contributed by atoms with van der Waals surface area (Å²) in [6, 6.07) is 12.7. The summed E-state index contributed by atoms with van der Waals surface area (Å²) in [5.74, 6) is 0.817. The number of sulfone groups is 1. The van der Waals surface area contributed by atoms with E-state index in [1.807, 2.05) is 55.4 Å². The first-order chi connectivity index (χ1) is 18.2. The van der Waals surface area contributed by atoms with E-state index < -0.39 is 20.5 Å². The van der Waals surface area contributed by atoms with Crippen LogP contribution < -0.4 is 9.64 Å². The molecule has 1 heterocycles. The number of nitrogens with zero attached hydrogens (tertiary/aromatic N) is 1. The van der Waals surface area contributed by atoms with Gasteiger partial charge in [0.15, 0.2) is 9.84 Å². The average molecular weight is 609 g/mol. The van der Waals surface area contributed by atoms with Crippen LogP contribution in [0, 0.1) is 5.41 Å². The molecule has 0 spiro atoms. The lowest BCUT2D eigenvalue weighted by Crippen LogP contribution is -2.35. The molecule has 1 aliphatic rings. The van der Waals surface area contributed by atoms with Crippen LogP contribution in [0.5, 0.6) is 5.75 Å². The number of halogens is 1. The molecule has 0 unspecified atom stereocenters. The zero-order valence-corrected chi connectivity index (χ0v) is 25.5. The van der Waals surface area contributed by atoms with E-state index in [9.17, 15) is 13.5 Å². The smallest absolute Gasteiger partial charge is 0.186 e. The van der Waals surface area contributed by atoms with Crippen LogP contribution in [0.25, 0.3) is 6.08 Å². The monoisotopic (exact) mass is 607 g/mol. The molecule has 8 heteroatoms. The average Bonchev–Trinajstić information content (AvgIpc) is 2.96. The minimum atomic E-state index is -3.85. The molecule has 0 fully saturated rings. The molecule has 0 saturated carbocycles. The Hall–Kier alpha value is -2.03. The third-order valence-electron chi connectivity index (χ3n) is 7.28. The minimum absolute atomic E-state index is 0.159. The lowest BCUT2D eigenvalue weighted by atomic mass is 9.71.